The molecule has 1 N–H and O–H groups in total. The minimum absolute atomic E-state index is 0.0773. The number of nitrogens with one attached hydrogen (secondary N) is 1. The van der Waals surface area contributed by atoms with E-state index in [0.29, 0.717) is 4.34 Å². The zero-order chi connectivity index (χ0) is 15.6. The van der Waals surface area contributed by atoms with Crippen molar-refractivity contribution in [2.75, 3.05) is 6.54 Å². The minimum atomic E-state index is 0.0773. The van der Waals surface area contributed by atoms with E-state index in [9.17, 15) is 0 Å². The molecule has 0 aliphatic carbocycles. The summed E-state index contributed by atoms with van der Waals surface area (Å²) in [5, 5.41) is 8.60. The molecule has 1 unspecified atom stereocenters. The molecular formula is C14H18Cl3N3S. The average Bonchev–Trinajstić information content (AvgIpc) is 2.87. The SMILES string of the molecule is CCCNC(Cc1c(Cl)c(C)nn1C)c1cc(Cl)sc1Cl. The summed E-state index contributed by atoms with van der Waals surface area (Å²) in [6.45, 7) is 4.95. The third-order valence-corrected chi connectivity index (χ3v) is 5.37. The Kier molecular flexibility index (Phi) is 5.97. The molecular weight excluding hydrogens is 349 g/mol. The fourth-order valence-electron chi connectivity index (χ4n) is 2.30. The van der Waals surface area contributed by atoms with E-state index >= 15 is 0 Å². The topological polar surface area (TPSA) is 29.9 Å². The summed E-state index contributed by atoms with van der Waals surface area (Å²) in [6, 6.07) is 2.01. The normalized spacial score (nSPS) is 12.9. The maximum absolute atomic E-state index is 6.36. The van der Waals surface area contributed by atoms with Crippen LogP contribution in [0.25, 0.3) is 0 Å². The average molecular weight is 367 g/mol. The largest absolute Gasteiger partial charge is 0.310 e. The van der Waals surface area contributed by atoms with Crippen LogP contribution in [0, 0.1) is 6.92 Å². The third-order valence-electron chi connectivity index (χ3n) is 3.36. The Morgan fingerprint density at radius 1 is 1.38 bits per heavy atom. The van der Waals surface area contributed by atoms with E-state index in [1.807, 2.05) is 24.7 Å². The molecule has 2 heterocycles. The van der Waals surface area contributed by atoms with Crippen molar-refractivity contribution < 1.29 is 0 Å². The lowest BCUT2D eigenvalue weighted by molar-refractivity contribution is 0.513. The first-order valence-electron chi connectivity index (χ1n) is 6.80. The van der Waals surface area contributed by atoms with Gasteiger partial charge in [-0.3, -0.25) is 4.68 Å². The Labute approximate surface area is 144 Å². The summed E-state index contributed by atoms with van der Waals surface area (Å²) in [4.78, 5) is 0. The Morgan fingerprint density at radius 2 is 2.10 bits per heavy atom. The van der Waals surface area contributed by atoms with E-state index in [4.69, 9.17) is 34.8 Å². The van der Waals surface area contributed by atoms with E-state index < -0.39 is 0 Å². The van der Waals surface area contributed by atoms with Gasteiger partial charge >= 0.3 is 0 Å². The van der Waals surface area contributed by atoms with Crippen LogP contribution in [0.15, 0.2) is 6.07 Å². The first-order chi connectivity index (χ1) is 9.93. The highest BCUT2D eigenvalue weighted by Crippen LogP contribution is 2.37. The number of hydrogen-bond donors (Lipinski definition) is 1. The second kappa shape index (κ2) is 7.34. The lowest BCUT2D eigenvalue weighted by Gasteiger charge is -2.18. The van der Waals surface area contributed by atoms with Crippen LogP contribution in [-0.4, -0.2) is 16.3 Å². The van der Waals surface area contributed by atoms with Gasteiger partial charge in [0.1, 0.15) is 0 Å². The number of aromatic nitrogens is 2. The maximum Gasteiger partial charge on any atom is 0.0992 e. The van der Waals surface area contributed by atoms with Crippen LogP contribution in [0.5, 0.6) is 0 Å². The van der Waals surface area contributed by atoms with Crippen molar-refractivity contribution in [3.05, 3.63) is 36.7 Å². The zero-order valence-electron chi connectivity index (χ0n) is 12.2. The van der Waals surface area contributed by atoms with Crippen molar-refractivity contribution in [1.29, 1.82) is 0 Å². The Hall–Kier alpha value is -0.260. The predicted octanol–water partition coefficient (Wildman–Crippen LogP) is 5.03. The van der Waals surface area contributed by atoms with Crippen molar-refractivity contribution in [2.24, 2.45) is 7.05 Å². The van der Waals surface area contributed by atoms with Gasteiger partial charge in [0.2, 0.25) is 0 Å². The molecule has 3 nitrogen and oxygen atoms in total. The van der Waals surface area contributed by atoms with Crippen molar-refractivity contribution in [3.8, 4) is 0 Å². The van der Waals surface area contributed by atoms with Crippen molar-refractivity contribution in [3.63, 3.8) is 0 Å². The van der Waals surface area contributed by atoms with E-state index in [2.05, 4.69) is 17.3 Å². The van der Waals surface area contributed by atoms with Crippen LogP contribution in [0.4, 0.5) is 0 Å². The molecule has 2 rings (SSSR count). The lowest BCUT2D eigenvalue weighted by Crippen LogP contribution is -2.25. The van der Waals surface area contributed by atoms with Gasteiger partial charge in [-0.05, 0) is 26.0 Å². The zero-order valence-corrected chi connectivity index (χ0v) is 15.3. The highest BCUT2D eigenvalue weighted by atomic mass is 35.5. The summed E-state index contributed by atoms with van der Waals surface area (Å²) in [7, 11) is 1.91. The van der Waals surface area contributed by atoms with Gasteiger partial charge in [0.05, 0.1) is 25.1 Å². The number of rotatable bonds is 6. The summed E-state index contributed by atoms with van der Waals surface area (Å²) < 4.78 is 3.26. The second-order valence-corrected chi connectivity index (χ2v) is 7.62. The van der Waals surface area contributed by atoms with E-state index in [-0.39, 0.29) is 6.04 Å². The van der Waals surface area contributed by atoms with Gasteiger partial charge in [-0.1, -0.05) is 41.7 Å². The Morgan fingerprint density at radius 3 is 2.57 bits per heavy atom. The van der Waals surface area contributed by atoms with Crippen LogP contribution in [0.2, 0.25) is 13.7 Å². The molecule has 2 aromatic heterocycles. The monoisotopic (exact) mass is 365 g/mol. The summed E-state index contributed by atoms with van der Waals surface area (Å²) in [6.07, 6.45) is 1.77. The van der Waals surface area contributed by atoms with Crippen molar-refractivity contribution in [1.82, 2.24) is 15.1 Å². The summed E-state index contributed by atoms with van der Waals surface area (Å²) in [5.74, 6) is 0. The van der Waals surface area contributed by atoms with E-state index in [1.165, 1.54) is 11.3 Å². The number of hydrogen-bond acceptors (Lipinski definition) is 3. The van der Waals surface area contributed by atoms with Crippen molar-refractivity contribution in [2.45, 2.75) is 32.7 Å². The molecule has 0 bridgehead atoms. The molecule has 116 valence electrons. The summed E-state index contributed by atoms with van der Waals surface area (Å²) >= 11 is 20.1. The van der Waals surface area contributed by atoms with Gasteiger partial charge < -0.3 is 5.32 Å². The van der Waals surface area contributed by atoms with Crippen LogP contribution < -0.4 is 5.32 Å². The summed E-state index contributed by atoms with van der Waals surface area (Å²) in [5.41, 5.74) is 2.87. The molecule has 0 fully saturated rings. The molecule has 21 heavy (non-hydrogen) atoms. The molecule has 7 heteroatoms. The molecule has 2 aromatic rings. The number of thiophene rings is 1. The smallest absolute Gasteiger partial charge is 0.0992 e. The van der Waals surface area contributed by atoms with Crippen LogP contribution >= 0.6 is 46.1 Å². The molecule has 0 amide bonds. The first kappa shape index (κ1) is 17.1. The highest BCUT2D eigenvalue weighted by Gasteiger charge is 2.21. The molecule has 0 aromatic carbocycles. The molecule has 0 aliphatic rings. The lowest BCUT2D eigenvalue weighted by atomic mass is 10.0. The number of nitrogens with zero attached hydrogens (tertiary/aromatic N) is 2. The molecule has 0 saturated heterocycles. The first-order valence-corrected chi connectivity index (χ1v) is 8.75. The molecule has 0 radical (unpaired) electrons. The molecule has 0 spiro atoms. The van der Waals surface area contributed by atoms with Gasteiger partial charge in [0, 0.05) is 25.1 Å². The van der Waals surface area contributed by atoms with Gasteiger partial charge in [-0.25, -0.2) is 0 Å². The standard InChI is InChI=1S/C14H18Cl3N3S/c1-4-5-18-10(9-6-12(15)21-14(9)17)7-11-13(16)8(2)19-20(11)3/h6,10,18H,4-5,7H2,1-3H3. The molecule has 1 atom stereocenters. The van der Waals surface area contributed by atoms with E-state index in [1.54, 1.807) is 0 Å². The van der Waals surface area contributed by atoms with Crippen LogP contribution in [0.3, 0.4) is 0 Å². The van der Waals surface area contributed by atoms with Gasteiger partial charge in [-0.2, -0.15) is 5.10 Å². The minimum Gasteiger partial charge on any atom is -0.310 e. The maximum atomic E-state index is 6.36. The molecule has 0 aliphatic heterocycles. The predicted molar refractivity (Wildman–Crippen MR) is 92.0 cm³/mol. The van der Waals surface area contributed by atoms with Gasteiger partial charge in [-0.15, -0.1) is 11.3 Å². The second-order valence-electron chi connectivity index (χ2n) is 4.96. The number of aryl methyl sites for hydroxylation is 2. The fourth-order valence-corrected chi connectivity index (χ4v) is 4.11. The van der Waals surface area contributed by atoms with Gasteiger partial charge in [0.25, 0.3) is 0 Å². The quantitative estimate of drug-likeness (QED) is 0.776. The number of halogens is 3. The fraction of sp³-hybridized carbons (Fsp3) is 0.500. The van der Waals surface area contributed by atoms with E-state index in [0.717, 1.165) is 45.7 Å². The van der Waals surface area contributed by atoms with Gasteiger partial charge in [0.15, 0.2) is 0 Å². The molecule has 0 saturated carbocycles. The van der Waals surface area contributed by atoms with Crippen LogP contribution in [0.1, 0.15) is 36.3 Å². The van der Waals surface area contributed by atoms with Crippen molar-refractivity contribution >= 4 is 46.1 Å². The highest BCUT2D eigenvalue weighted by molar-refractivity contribution is 7.20. The Bertz CT molecular complexity index is 621. The van der Waals surface area contributed by atoms with Crippen LogP contribution in [-0.2, 0) is 13.5 Å². The third kappa shape index (κ3) is 3.93. The Balaban J connectivity index is 2.30.